The molecule has 1 saturated carbocycles. The van der Waals surface area contributed by atoms with Crippen molar-refractivity contribution in [1.82, 2.24) is 0 Å². The number of ether oxygens (including phenoxy) is 3. The topological polar surface area (TPSA) is 62.9 Å². The van der Waals surface area contributed by atoms with Crippen LogP contribution < -0.4 is 5.73 Å². The van der Waals surface area contributed by atoms with Crippen LogP contribution in [0.1, 0.15) is 41.0 Å². The van der Waals surface area contributed by atoms with Gasteiger partial charge in [-0.05, 0) is 38.4 Å². The molecule has 2 N–H and O–H groups in total. The molecule has 0 unspecified atom stereocenters. The Morgan fingerprint density at radius 1 is 1.05 bits per heavy atom. The van der Waals surface area contributed by atoms with Gasteiger partial charge in [0, 0.05) is 6.04 Å². The van der Waals surface area contributed by atoms with Crippen LogP contribution in [0.25, 0.3) is 0 Å². The summed E-state index contributed by atoms with van der Waals surface area (Å²) < 4.78 is 24.1. The van der Waals surface area contributed by atoms with Crippen molar-refractivity contribution in [2.24, 2.45) is 5.73 Å². The average Bonchev–Trinajstić information content (AvgIpc) is 2.95. The van der Waals surface area contributed by atoms with Crippen LogP contribution in [0.3, 0.4) is 0 Å². The van der Waals surface area contributed by atoms with Crippen molar-refractivity contribution in [3.8, 4) is 0 Å². The SMILES string of the molecule is CC[Si](CC)(CC)OCCO[C@H]1C[C@@H](N)[C@@H]2OC(C)(C)O[C@@H]21. The van der Waals surface area contributed by atoms with Gasteiger partial charge in [0.1, 0.15) is 12.2 Å². The fourth-order valence-corrected chi connectivity index (χ4v) is 6.28. The molecule has 0 radical (unpaired) electrons. The summed E-state index contributed by atoms with van der Waals surface area (Å²) in [5, 5.41) is 0. The zero-order valence-electron chi connectivity index (χ0n) is 14.8. The molecular formula is C16H33NO4Si. The maximum Gasteiger partial charge on any atom is 0.192 e. The lowest BCUT2D eigenvalue weighted by molar-refractivity contribution is -0.168. The second-order valence-electron chi connectivity index (χ2n) is 6.97. The van der Waals surface area contributed by atoms with Gasteiger partial charge in [-0.15, -0.1) is 0 Å². The molecular weight excluding hydrogens is 298 g/mol. The lowest BCUT2D eigenvalue weighted by atomic mass is 10.2. The number of hydrogen-bond donors (Lipinski definition) is 1. The fourth-order valence-electron chi connectivity index (χ4n) is 3.65. The van der Waals surface area contributed by atoms with E-state index in [1.54, 1.807) is 0 Å². The first-order valence-corrected chi connectivity index (χ1v) is 11.3. The molecule has 5 nitrogen and oxygen atoms in total. The molecule has 6 heteroatoms. The maximum atomic E-state index is 6.23. The van der Waals surface area contributed by atoms with Crippen molar-refractivity contribution >= 4 is 8.32 Å². The highest BCUT2D eigenvalue weighted by atomic mass is 28.4. The summed E-state index contributed by atoms with van der Waals surface area (Å²) in [6.45, 7) is 11.9. The Balaban J connectivity index is 1.78. The third-order valence-corrected chi connectivity index (χ3v) is 9.90. The van der Waals surface area contributed by atoms with E-state index in [0.717, 1.165) is 6.42 Å². The van der Waals surface area contributed by atoms with E-state index < -0.39 is 14.1 Å². The van der Waals surface area contributed by atoms with E-state index in [0.29, 0.717) is 13.2 Å². The highest BCUT2D eigenvalue weighted by Crippen LogP contribution is 2.38. The monoisotopic (exact) mass is 331 g/mol. The Bertz CT molecular complexity index is 354. The molecule has 1 heterocycles. The lowest BCUT2D eigenvalue weighted by Gasteiger charge is -2.28. The molecule has 2 fully saturated rings. The largest absolute Gasteiger partial charge is 0.414 e. The smallest absolute Gasteiger partial charge is 0.192 e. The van der Waals surface area contributed by atoms with Gasteiger partial charge in [-0.25, -0.2) is 0 Å². The van der Waals surface area contributed by atoms with Crippen LogP contribution in [0, 0.1) is 0 Å². The predicted octanol–water partition coefficient (Wildman–Crippen LogP) is 2.64. The van der Waals surface area contributed by atoms with Crippen molar-refractivity contribution in [3.63, 3.8) is 0 Å². The van der Waals surface area contributed by atoms with E-state index in [1.165, 1.54) is 18.1 Å². The van der Waals surface area contributed by atoms with Crippen LogP contribution in [0.4, 0.5) is 0 Å². The molecule has 130 valence electrons. The highest BCUT2D eigenvalue weighted by molar-refractivity contribution is 6.73. The summed E-state index contributed by atoms with van der Waals surface area (Å²) in [7, 11) is -1.52. The van der Waals surface area contributed by atoms with Gasteiger partial charge in [-0.1, -0.05) is 20.8 Å². The lowest BCUT2D eigenvalue weighted by Crippen LogP contribution is -2.38. The molecule has 0 amide bonds. The minimum atomic E-state index is -1.52. The van der Waals surface area contributed by atoms with Crippen LogP contribution in [0.15, 0.2) is 0 Å². The Hall–Kier alpha value is 0.0169. The van der Waals surface area contributed by atoms with Crippen molar-refractivity contribution in [3.05, 3.63) is 0 Å². The number of nitrogens with two attached hydrogens (primary N) is 1. The zero-order valence-corrected chi connectivity index (χ0v) is 15.8. The Labute approximate surface area is 136 Å². The first-order chi connectivity index (χ1) is 10.4. The van der Waals surface area contributed by atoms with Gasteiger partial charge in [-0.2, -0.15) is 0 Å². The predicted molar refractivity (Wildman–Crippen MR) is 89.3 cm³/mol. The Morgan fingerprint density at radius 3 is 2.23 bits per heavy atom. The molecule has 2 aliphatic rings. The van der Waals surface area contributed by atoms with Crippen molar-refractivity contribution < 1.29 is 18.6 Å². The van der Waals surface area contributed by atoms with Gasteiger partial charge >= 0.3 is 0 Å². The second-order valence-corrected chi connectivity index (χ2v) is 11.7. The van der Waals surface area contributed by atoms with E-state index in [2.05, 4.69) is 20.8 Å². The normalized spacial score (nSPS) is 34.1. The van der Waals surface area contributed by atoms with Gasteiger partial charge < -0.3 is 24.4 Å². The van der Waals surface area contributed by atoms with Gasteiger partial charge in [0.05, 0.1) is 19.3 Å². The van der Waals surface area contributed by atoms with Crippen LogP contribution in [-0.4, -0.2) is 51.7 Å². The van der Waals surface area contributed by atoms with Crippen molar-refractivity contribution in [2.45, 2.75) is 89.3 Å². The molecule has 1 aliphatic heterocycles. The molecule has 4 atom stereocenters. The van der Waals surface area contributed by atoms with E-state index in [4.69, 9.17) is 24.4 Å². The molecule has 0 aromatic carbocycles. The summed E-state index contributed by atoms with van der Waals surface area (Å²) in [5.74, 6) is -0.555. The van der Waals surface area contributed by atoms with Gasteiger partial charge in [0.25, 0.3) is 0 Å². The third kappa shape index (κ3) is 3.91. The summed E-state index contributed by atoms with van der Waals surface area (Å²) in [5.41, 5.74) is 6.16. The fraction of sp³-hybridized carbons (Fsp3) is 1.00. The third-order valence-electron chi connectivity index (χ3n) is 5.21. The number of hydrogen-bond acceptors (Lipinski definition) is 5. The summed E-state index contributed by atoms with van der Waals surface area (Å²) in [6.07, 6.45) is 0.724. The number of rotatable bonds is 8. The zero-order chi connectivity index (χ0) is 16.4. The van der Waals surface area contributed by atoms with Gasteiger partial charge in [-0.3, -0.25) is 0 Å². The van der Waals surface area contributed by atoms with Crippen molar-refractivity contribution in [2.75, 3.05) is 13.2 Å². The molecule has 1 aliphatic carbocycles. The summed E-state index contributed by atoms with van der Waals surface area (Å²) in [4.78, 5) is 0. The van der Waals surface area contributed by atoms with Crippen LogP contribution in [0.2, 0.25) is 18.1 Å². The van der Waals surface area contributed by atoms with Crippen LogP contribution >= 0.6 is 0 Å². The standard InChI is InChI=1S/C16H33NO4Si/c1-6-22(7-2,8-3)19-10-9-18-13-11-12(17)14-15(13)21-16(4,5)20-14/h12-15H,6-11,17H2,1-5H3/t12-,13+,14+,15-/m1/s1. The highest BCUT2D eigenvalue weighted by Gasteiger charge is 2.53. The molecule has 1 saturated heterocycles. The Kier molecular flexibility index (Phi) is 6.07. The number of fused-ring (bicyclic) bond motifs is 1. The molecule has 2 rings (SSSR count). The first kappa shape index (κ1) is 18.4. The van der Waals surface area contributed by atoms with Crippen LogP contribution in [0.5, 0.6) is 0 Å². The summed E-state index contributed by atoms with van der Waals surface area (Å²) >= 11 is 0. The molecule has 0 spiro atoms. The Morgan fingerprint density at radius 2 is 1.64 bits per heavy atom. The minimum absolute atomic E-state index is 0.00640. The molecule has 22 heavy (non-hydrogen) atoms. The maximum absolute atomic E-state index is 6.23. The average molecular weight is 332 g/mol. The quantitative estimate of drug-likeness (QED) is 0.547. The molecule has 0 bridgehead atoms. The van der Waals surface area contributed by atoms with Crippen molar-refractivity contribution in [1.29, 1.82) is 0 Å². The van der Waals surface area contributed by atoms with Gasteiger partial charge in [0.2, 0.25) is 0 Å². The first-order valence-electron chi connectivity index (χ1n) is 8.73. The summed E-state index contributed by atoms with van der Waals surface area (Å²) in [6, 6.07) is 3.51. The van der Waals surface area contributed by atoms with E-state index in [1.807, 2.05) is 13.8 Å². The minimum Gasteiger partial charge on any atom is -0.414 e. The molecule has 0 aromatic rings. The van der Waals surface area contributed by atoms with E-state index >= 15 is 0 Å². The molecule has 0 aromatic heterocycles. The second kappa shape index (κ2) is 7.28. The van der Waals surface area contributed by atoms with E-state index in [-0.39, 0.29) is 24.4 Å². The van der Waals surface area contributed by atoms with E-state index in [9.17, 15) is 0 Å². The van der Waals surface area contributed by atoms with Gasteiger partial charge in [0.15, 0.2) is 14.1 Å². The van der Waals surface area contributed by atoms with Crippen LogP contribution in [-0.2, 0) is 18.6 Å².